The van der Waals surface area contributed by atoms with E-state index in [0.29, 0.717) is 23.7 Å². The summed E-state index contributed by atoms with van der Waals surface area (Å²) < 4.78 is 19.8. The minimum Gasteiger partial charge on any atom is -0.497 e. The summed E-state index contributed by atoms with van der Waals surface area (Å²) in [4.78, 5) is 2.07. The molecule has 0 aromatic heterocycles. The molecule has 4 unspecified atom stereocenters. The Labute approximate surface area is 144 Å². The second-order valence-corrected chi connectivity index (χ2v) is 7.60. The van der Waals surface area contributed by atoms with E-state index in [9.17, 15) is 9.50 Å². The summed E-state index contributed by atoms with van der Waals surface area (Å²) >= 11 is 0. The van der Waals surface area contributed by atoms with E-state index in [-0.39, 0.29) is 29.7 Å². The van der Waals surface area contributed by atoms with Crippen LogP contribution < -0.4 is 4.74 Å². The standard InChI is InChI=1S/C18H26FNO2.ClH/c1-17-8-7-12(10-17)11-18(21,16(17)20(2)3)14-9-13(22-4)5-6-15(14)19;/h5-6,9,12,16,21H,7-8,10-11H2,1-4H3;1H. The fourth-order valence-electron chi connectivity index (χ4n) is 5.22. The van der Waals surface area contributed by atoms with Gasteiger partial charge in [0.1, 0.15) is 17.2 Å². The van der Waals surface area contributed by atoms with E-state index >= 15 is 0 Å². The first-order chi connectivity index (χ1) is 10.3. The molecule has 3 nitrogen and oxygen atoms in total. The second kappa shape index (κ2) is 6.23. The predicted octanol–water partition coefficient (Wildman–Crippen LogP) is 3.58. The van der Waals surface area contributed by atoms with E-state index in [0.717, 1.165) is 19.3 Å². The summed E-state index contributed by atoms with van der Waals surface area (Å²) in [6.07, 6.45) is 3.95. The topological polar surface area (TPSA) is 32.7 Å². The molecule has 5 heteroatoms. The van der Waals surface area contributed by atoms with Crippen LogP contribution in [-0.4, -0.2) is 37.3 Å². The molecule has 0 amide bonds. The summed E-state index contributed by atoms with van der Waals surface area (Å²) in [5.41, 5.74) is -0.768. The van der Waals surface area contributed by atoms with Crippen LogP contribution in [0.25, 0.3) is 0 Å². The van der Waals surface area contributed by atoms with Gasteiger partial charge in [-0.25, -0.2) is 4.39 Å². The van der Waals surface area contributed by atoms with Crippen molar-refractivity contribution in [3.8, 4) is 5.75 Å². The number of likely N-dealkylation sites (N-methyl/N-ethyl adjacent to an activating group) is 1. The fraction of sp³-hybridized carbons (Fsp3) is 0.667. The van der Waals surface area contributed by atoms with E-state index in [2.05, 4.69) is 11.8 Å². The average Bonchev–Trinajstić information content (AvgIpc) is 2.74. The number of methoxy groups -OCH3 is 1. The molecule has 0 spiro atoms. The lowest BCUT2D eigenvalue weighted by atomic mass is 9.62. The van der Waals surface area contributed by atoms with Gasteiger partial charge >= 0.3 is 0 Å². The van der Waals surface area contributed by atoms with Gasteiger partial charge in [-0.2, -0.15) is 0 Å². The summed E-state index contributed by atoms with van der Waals surface area (Å²) in [6, 6.07) is 4.57. The maximum atomic E-state index is 14.5. The highest BCUT2D eigenvalue weighted by molar-refractivity contribution is 5.85. The second-order valence-electron chi connectivity index (χ2n) is 7.60. The summed E-state index contributed by atoms with van der Waals surface area (Å²) in [6.45, 7) is 2.24. The SMILES string of the molecule is COc1ccc(F)c(C2(O)CC3CCC(C)(C3)C2N(C)C)c1.Cl. The lowest BCUT2D eigenvalue weighted by Gasteiger charge is -2.52. The van der Waals surface area contributed by atoms with Crippen molar-refractivity contribution in [2.24, 2.45) is 11.3 Å². The zero-order valence-corrected chi connectivity index (χ0v) is 15.1. The van der Waals surface area contributed by atoms with Crippen molar-refractivity contribution in [3.63, 3.8) is 0 Å². The average molecular weight is 344 g/mol. The number of hydrogen-bond acceptors (Lipinski definition) is 3. The number of ether oxygens (including phenoxy) is 1. The lowest BCUT2D eigenvalue weighted by Crippen LogP contribution is -2.58. The van der Waals surface area contributed by atoms with Crippen molar-refractivity contribution in [1.82, 2.24) is 4.90 Å². The van der Waals surface area contributed by atoms with E-state index in [1.165, 1.54) is 6.07 Å². The van der Waals surface area contributed by atoms with Crippen LogP contribution in [0.5, 0.6) is 5.75 Å². The van der Waals surface area contributed by atoms with Gasteiger partial charge in [0.15, 0.2) is 0 Å². The first-order valence-electron chi connectivity index (χ1n) is 8.03. The molecule has 0 aliphatic heterocycles. The van der Waals surface area contributed by atoms with Crippen LogP contribution in [-0.2, 0) is 5.60 Å². The van der Waals surface area contributed by atoms with Gasteiger partial charge < -0.3 is 14.7 Å². The number of aliphatic hydroxyl groups is 1. The van der Waals surface area contributed by atoms with Crippen molar-refractivity contribution < 1.29 is 14.2 Å². The maximum Gasteiger partial charge on any atom is 0.129 e. The molecule has 2 fully saturated rings. The normalized spacial score (nSPS) is 36.0. The molecule has 2 bridgehead atoms. The fourth-order valence-corrected chi connectivity index (χ4v) is 5.22. The zero-order chi connectivity index (χ0) is 16.1. The van der Waals surface area contributed by atoms with Crippen LogP contribution in [0, 0.1) is 17.2 Å². The number of halogens is 2. The summed E-state index contributed by atoms with van der Waals surface area (Å²) in [7, 11) is 5.53. The highest BCUT2D eigenvalue weighted by Gasteiger charge is 2.58. The number of rotatable bonds is 3. The number of benzene rings is 1. The highest BCUT2D eigenvalue weighted by atomic mass is 35.5. The quantitative estimate of drug-likeness (QED) is 0.910. The van der Waals surface area contributed by atoms with Crippen molar-refractivity contribution in [1.29, 1.82) is 0 Å². The summed E-state index contributed by atoms with van der Waals surface area (Å²) in [5.74, 6) is 0.710. The van der Waals surface area contributed by atoms with Crippen LogP contribution in [0.1, 0.15) is 38.2 Å². The summed E-state index contributed by atoms with van der Waals surface area (Å²) in [5, 5.41) is 11.6. The molecule has 0 heterocycles. The number of fused-ring (bicyclic) bond motifs is 2. The van der Waals surface area contributed by atoms with Crippen LogP contribution >= 0.6 is 12.4 Å². The van der Waals surface area contributed by atoms with Crippen molar-refractivity contribution >= 4 is 12.4 Å². The molecule has 1 aromatic carbocycles. The molecule has 2 aliphatic rings. The molecular weight excluding hydrogens is 317 g/mol. The van der Waals surface area contributed by atoms with Crippen LogP contribution in [0.15, 0.2) is 18.2 Å². The molecule has 4 atom stereocenters. The Morgan fingerprint density at radius 3 is 2.61 bits per heavy atom. The lowest BCUT2D eigenvalue weighted by molar-refractivity contribution is -0.122. The Morgan fingerprint density at radius 1 is 1.30 bits per heavy atom. The third-order valence-corrected chi connectivity index (χ3v) is 5.75. The van der Waals surface area contributed by atoms with Crippen LogP contribution in [0.2, 0.25) is 0 Å². The Bertz CT molecular complexity index is 582. The Morgan fingerprint density at radius 2 is 2.00 bits per heavy atom. The molecule has 1 N–H and O–H groups in total. The Kier molecular flexibility index (Phi) is 5.01. The van der Waals surface area contributed by atoms with E-state index < -0.39 is 5.60 Å². The maximum absolute atomic E-state index is 14.5. The largest absolute Gasteiger partial charge is 0.497 e. The molecule has 3 rings (SSSR count). The van der Waals surface area contributed by atoms with E-state index in [1.54, 1.807) is 19.2 Å². The van der Waals surface area contributed by atoms with Gasteiger partial charge in [0, 0.05) is 11.6 Å². The van der Waals surface area contributed by atoms with Crippen LogP contribution in [0.3, 0.4) is 0 Å². The minimum atomic E-state index is -1.17. The molecule has 0 radical (unpaired) electrons. The molecular formula is C18H27ClFNO2. The van der Waals surface area contributed by atoms with Gasteiger partial charge in [0.2, 0.25) is 0 Å². The first-order valence-corrected chi connectivity index (χ1v) is 8.03. The van der Waals surface area contributed by atoms with Gasteiger partial charge in [-0.3, -0.25) is 0 Å². The third kappa shape index (κ3) is 2.86. The van der Waals surface area contributed by atoms with Crippen molar-refractivity contribution in [2.45, 2.75) is 44.2 Å². The van der Waals surface area contributed by atoms with E-state index in [4.69, 9.17) is 4.74 Å². The first kappa shape index (κ1) is 18.5. The monoisotopic (exact) mass is 343 g/mol. The Hall–Kier alpha value is -0.840. The highest BCUT2D eigenvalue weighted by Crippen LogP contribution is 2.59. The molecule has 130 valence electrons. The number of hydrogen-bond donors (Lipinski definition) is 1. The predicted molar refractivity (Wildman–Crippen MR) is 91.6 cm³/mol. The van der Waals surface area contributed by atoms with Gasteiger partial charge in [0.25, 0.3) is 0 Å². The van der Waals surface area contributed by atoms with Crippen molar-refractivity contribution in [3.05, 3.63) is 29.6 Å². The third-order valence-electron chi connectivity index (χ3n) is 5.75. The van der Waals surface area contributed by atoms with Crippen molar-refractivity contribution in [2.75, 3.05) is 21.2 Å². The molecule has 23 heavy (non-hydrogen) atoms. The molecule has 2 saturated carbocycles. The van der Waals surface area contributed by atoms with Crippen LogP contribution in [0.4, 0.5) is 4.39 Å². The smallest absolute Gasteiger partial charge is 0.129 e. The molecule has 1 aromatic rings. The molecule has 2 aliphatic carbocycles. The van der Waals surface area contributed by atoms with E-state index in [1.807, 2.05) is 14.1 Å². The van der Waals surface area contributed by atoms with Gasteiger partial charge in [0.05, 0.1) is 7.11 Å². The Balaban J connectivity index is 0.00000192. The van der Waals surface area contributed by atoms with Gasteiger partial charge in [-0.15, -0.1) is 12.4 Å². The minimum absolute atomic E-state index is 0. The zero-order valence-electron chi connectivity index (χ0n) is 14.3. The van der Waals surface area contributed by atoms with Gasteiger partial charge in [-0.1, -0.05) is 6.92 Å². The van der Waals surface area contributed by atoms with Gasteiger partial charge in [-0.05, 0) is 69.3 Å². The molecule has 0 saturated heterocycles. The number of nitrogens with zero attached hydrogens (tertiary/aromatic N) is 1.